The van der Waals surface area contributed by atoms with E-state index in [4.69, 9.17) is 15.1 Å². The molecule has 2 heterocycles. The molecule has 2 N–H and O–H groups in total. The van der Waals surface area contributed by atoms with Crippen LogP contribution in [-0.4, -0.2) is 21.0 Å². The first-order valence-electron chi connectivity index (χ1n) is 8.84. The zero-order chi connectivity index (χ0) is 20.1. The lowest BCUT2D eigenvalue weighted by Crippen LogP contribution is -2.07. The van der Waals surface area contributed by atoms with E-state index in [0.29, 0.717) is 12.2 Å². The highest BCUT2D eigenvalue weighted by atomic mass is 79.9. The monoisotopic (exact) mass is 457 g/mol. The van der Waals surface area contributed by atoms with Crippen molar-refractivity contribution in [2.24, 2.45) is 0 Å². The minimum Gasteiger partial charge on any atom is -0.481 e. The molecule has 0 unspecified atom stereocenters. The van der Waals surface area contributed by atoms with E-state index in [1.807, 2.05) is 42.5 Å². The van der Waals surface area contributed by atoms with Crippen molar-refractivity contribution in [3.05, 3.63) is 69.7 Å². The molecule has 0 atom stereocenters. The summed E-state index contributed by atoms with van der Waals surface area (Å²) < 4.78 is 1.03. The number of aryl methyl sites for hydroxylation is 1. The molecule has 0 bridgehead atoms. The lowest BCUT2D eigenvalue weighted by atomic mass is 10.1. The summed E-state index contributed by atoms with van der Waals surface area (Å²) in [6.07, 6.45) is 3.31. The number of aliphatic carboxylic acids is 1. The molecule has 0 radical (unpaired) electrons. The largest absolute Gasteiger partial charge is 0.481 e. The molecule has 0 aliphatic heterocycles. The van der Waals surface area contributed by atoms with Crippen LogP contribution in [0.1, 0.15) is 23.7 Å². The Balaban J connectivity index is 1.99. The van der Waals surface area contributed by atoms with E-state index in [0.717, 1.165) is 43.4 Å². The molecule has 0 saturated heterocycles. The normalized spacial score (nSPS) is 10.6. The van der Waals surface area contributed by atoms with Gasteiger partial charge in [-0.1, -0.05) is 25.1 Å². The Morgan fingerprint density at radius 2 is 2.00 bits per heavy atom. The lowest BCUT2D eigenvalue weighted by Gasteiger charge is -2.15. The number of carboxylic acids is 1. The molecule has 0 fully saturated rings. The Kier molecular flexibility index (Phi) is 6.59. The van der Waals surface area contributed by atoms with Gasteiger partial charge in [0.05, 0.1) is 15.1 Å². The van der Waals surface area contributed by atoms with E-state index in [2.05, 4.69) is 34.7 Å². The third-order valence-corrected chi connectivity index (χ3v) is 5.76. The summed E-state index contributed by atoms with van der Waals surface area (Å²) in [4.78, 5) is 21.4. The van der Waals surface area contributed by atoms with Gasteiger partial charge >= 0.3 is 5.97 Å². The van der Waals surface area contributed by atoms with Gasteiger partial charge < -0.3 is 10.4 Å². The number of nitrogens with zero attached hydrogens (tertiary/aromatic N) is 2. The van der Waals surface area contributed by atoms with Gasteiger partial charge in [0.25, 0.3) is 0 Å². The number of hydrogen-bond acceptors (Lipinski definition) is 5. The summed E-state index contributed by atoms with van der Waals surface area (Å²) in [6, 6.07) is 11.3. The Morgan fingerprint density at radius 1 is 1.25 bits per heavy atom. The summed E-state index contributed by atoms with van der Waals surface area (Å²) in [5.74, 6) is 0.590. The van der Waals surface area contributed by atoms with Gasteiger partial charge in [-0.05, 0) is 58.6 Å². The van der Waals surface area contributed by atoms with E-state index >= 15 is 0 Å². The fourth-order valence-corrected chi connectivity index (χ4v) is 4.17. The number of rotatable bonds is 8. The number of carboxylic acid groups (broad SMARTS) is 1. The highest BCUT2D eigenvalue weighted by molar-refractivity contribution is 9.11. The van der Waals surface area contributed by atoms with Crippen LogP contribution in [0.2, 0.25) is 0 Å². The number of hydrogen-bond donors (Lipinski definition) is 2. The Hall–Kier alpha value is -2.51. The second-order valence-electron chi connectivity index (χ2n) is 6.16. The maximum absolute atomic E-state index is 10.9. The number of carbonyl (C=O) groups is 1. The number of thiophene rings is 1. The van der Waals surface area contributed by atoms with Gasteiger partial charge in [0, 0.05) is 16.9 Å². The van der Waals surface area contributed by atoms with Crippen LogP contribution in [0.15, 0.2) is 52.8 Å². The van der Waals surface area contributed by atoms with Crippen molar-refractivity contribution < 1.29 is 9.90 Å². The SMILES string of the molecule is C=CCc1c(CC)nc(-c2ccc(Br)s2)nc1Nc1ccc(CC(=O)O)cc1. The first-order valence-corrected chi connectivity index (χ1v) is 10.4. The number of nitrogens with one attached hydrogen (secondary N) is 1. The average Bonchev–Trinajstić information content (AvgIpc) is 3.10. The summed E-state index contributed by atoms with van der Waals surface area (Å²) in [5.41, 5.74) is 3.61. The van der Waals surface area contributed by atoms with Gasteiger partial charge in [-0.25, -0.2) is 9.97 Å². The Morgan fingerprint density at radius 3 is 2.57 bits per heavy atom. The minimum absolute atomic E-state index is 0.00683. The van der Waals surface area contributed by atoms with Crippen molar-refractivity contribution in [2.75, 3.05) is 5.32 Å². The van der Waals surface area contributed by atoms with Gasteiger partial charge in [0.15, 0.2) is 5.82 Å². The molecule has 5 nitrogen and oxygen atoms in total. The Bertz CT molecular complexity index is 999. The predicted molar refractivity (Wildman–Crippen MR) is 117 cm³/mol. The fourth-order valence-electron chi connectivity index (χ4n) is 2.85. The van der Waals surface area contributed by atoms with Crippen LogP contribution in [0.5, 0.6) is 0 Å². The van der Waals surface area contributed by atoms with Crippen LogP contribution >= 0.6 is 27.3 Å². The number of allylic oxidation sites excluding steroid dienone is 1. The smallest absolute Gasteiger partial charge is 0.307 e. The zero-order valence-corrected chi connectivity index (χ0v) is 17.8. The van der Waals surface area contributed by atoms with Crippen molar-refractivity contribution in [3.8, 4) is 10.7 Å². The number of benzene rings is 1. The molecule has 7 heteroatoms. The van der Waals surface area contributed by atoms with Crippen LogP contribution in [0.4, 0.5) is 11.5 Å². The summed E-state index contributed by atoms with van der Waals surface area (Å²) in [5, 5.41) is 12.3. The lowest BCUT2D eigenvalue weighted by molar-refractivity contribution is -0.136. The van der Waals surface area contributed by atoms with Gasteiger partial charge in [-0.3, -0.25) is 4.79 Å². The standard InChI is InChI=1S/C21H20BrN3O2S/c1-3-5-15-16(4-2)24-21(17-10-11-18(22)28-17)25-20(15)23-14-8-6-13(7-9-14)12-19(26)27/h3,6-11H,1,4-5,12H2,2H3,(H,26,27)(H,23,24,25). The average molecular weight is 458 g/mol. The molecule has 0 spiro atoms. The summed E-state index contributed by atoms with van der Waals surface area (Å²) in [7, 11) is 0. The minimum atomic E-state index is -0.843. The molecular weight excluding hydrogens is 438 g/mol. The van der Waals surface area contributed by atoms with Gasteiger partial charge in [-0.15, -0.1) is 17.9 Å². The molecule has 0 aliphatic carbocycles. The van der Waals surface area contributed by atoms with E-state index in [-0.39, 0.29) is 6.42 Å². The van der Waals surface area contributed by atoms with Crippen molar-refractivity contribution in [2.45, 2.75) is 26.2 Å². The quantitative estimate of drug-likeness (QED) is 0.428. The van der Waals surface area contributed by atoms with Crippen LogP contribution < -0.4 is 5.32 Å². The number of anilines is 2. The second kappa shape index (κ2) is 9.12. The Labute approximate surface area is 176 Å². The van der Waals surface area contributed by atoms with Crippen LogP contribution in [0.3, 0.4) is 0 Å². The van der Waals surface area contributed by atoms with E-state index in [1.165, 1.54) is 0 Å². The number of aromatic nitrogens is 2. The third-order valence-electron chi connectivity index (χ3n) is 4.14. The highest BCUT2D eigenvalue weighted by Crippen LogP contribution is 2.32. The van der Waals surface area contributed by atoms with Gasteiger partial charge in [0.1, 0.15) is 5.82 Å². The molecule has 3 rings (SSSR count). The van der Waals surface area contributed by atoms with Crippen LogP contribution in [-0.2, 0) is 24.1 Å². The first kappa shape index (κ1) is 20.2. The third kappa shape index (κ3) is 4.85. The van der Waals surface area contributed by atoms with Crippen LogP contribution in [0, 0.1) is 0 Å². The fraction of sp³-hybridized carbons (Fsp3) is 0.190. The molecule has 0 amide bonds. The van der Waals surface area contributed by atoms with Crippen LogP contribution in [0.25, 0.3) is 10.7 Å². The molecule has 0 aliphatic rings. The van der Waals surface area contributed by atoms with Crippen molar-refractivity contribution in [1.82, 2.24) is 9.97 Å². The maximum atomic E-state index is 10.9. The first-order chi connectivity index (χ1) is 13.5. The summed E-state index contributed by atoms with van der Waals surface area (Å²) >= 11 is 5.08. The molecule has 144 valence electrons. The molecule has 1 aromatic carbocycles. The van der Waals surface area contributed by atoms with Gasteiger partial charge in [-0.2, -0.15) is 0 Å². The van der Waals surface area contributed by atoms with Crippen molar-refractivity contribution in [1.29, 1.82) is 0 Å². The molecule has 2 aromatic heterocycles. The van der Waals surface area contributed by atoms with E-state index in [9.17, 15) is 4.79 Å². The van der Waals surface area contributed by atoms with E-state index < -0.39 is 5.97 Å². The van der Waals surface area contributed by atoms with Gasteiger partial charge in [0.2, 0.25) is 0 Å². The number of halogens is 1. The molecule has 28 heavy (non-hydrogen) atoms. The maximum Gasteiger partial charge on any atom is 0.307 e. The summed E-state index contributed by atoms with van der Waals surface area (Å²) in [6.45, 7) is 5.94. The molecule has 0 saturated carbocycles. The van der Waals surface area contributed by atoms with Crippen molar-refractivity contribution >= 4 is 44.7 Å². The second-order valence-corrected chi connectivity index (χ2v) is 8.63. The molecule has 3 aromatic rings. The predicted octanol–water partition coefficient (Wildman–Crippen LogP) is 5.63. The van der Waals surface area contributed by atoms with Crippen molar-refractivity contribution in [3.63, 3.8) is 0 Å². The zero-order valence-electron chi connectivity index (χ0n) is 15.4. The topological polar surface area (TPSA) is 75.1 Å². The van der Waals surface area contributed by atoms with E-state index in [1.54, 1.807) is 11.3 Å². The molecular formula is C21H20BrN3O2S. The highest BCUT2D eigenvalue weighted by Gasteiger charge is 2.15.